The van der Waals surface area contributed by atoms with Crippen molar-refractivity contribution in [3.63, 3.8) is 0 Å². The molecule has 0 aliphatic heterocycles. The van der Waals surface area contributed by atoms with Gasteiger partial charge in [-0.1, -0.05) is 3.89 Å². The summed E-state index contributed by atoms with van der Waals surface area (Å²) < 4.78 is 42.7. The SMILES string of the molecule is CC(C)(C)OC(=O)Nc1cc(CN)cc(OS(=O)(=O)F)c1. The summed E-state index contributed by atoms with van der Waals surface area (Å²) in [6.07, 6.45) is -0.745. The molecule has 0 atom stereocenters. The number of hydrogen-bond acceptors (Lipinski definition) is 6. The van der Waals surface area contributed by atoms with E-state index in [2.05, 4.69) is 9.50 Å². The molecule has 21 heavy (non-hydrogen) atoms. The number of nitrogens with one attached hydrogen (secondary N) is 1. The molecular weight excluding hydrogens is 303 g/mol. The highest BCUT2D eigenvalue weighted by molar-refractivity contribution is 7.81. The van der Waals surface area contributed by atoms with Crippen molar-refractivity contribution < 1.29 is 26.0 Å². The zero-order chi connectivity index (χ0) is 16.3. The van der Waals surface area contributed by atoms with Crippen molar-refractivity contribution >= 4 is 22.3 Å². The van der Waals surface area contributed by atoms with Crippen molar-refractivity contribution in [3.05, 3.63) is 23.8 Å². The van der Waals surface area contributed by atoms with Crippen LogP contribution in [0.4, 0.5) is 14.4 Å². The molecule has 1 amide bonds. The number of anilines is 1. The molecular formula is C12H17FN2O5S. The summed E-state index contributed by atoms with van der Waals surface area (Å²) in [6.45, 7) is 5.11. The van der Waals surface area contributed by atoms with Gasteiger partial charge < -0.3 is 14.7 Å². The Morgan fingerprint density at radius 1 is 1.33 bits per heavy atom. The number of amides is 1. The Bertz CT molecular complexity index is 625. The molecule has 1 aromatic carbocycles. The number of carbonyl (C=O) groups is 1. The van der Waals surface area contributed by atoms with Crippen LogP contribution in [0.25, 0.3) is 0 Å². The maximum atomic E-state index is 12.5. The lowest BCUT2D eigenvalue weighted by molar-refractivity contribution is 0.0636. The number of carbonyl (C=O) groups excluding carboxylic acids is 1. The van der Waals surface area contributed by atoms with Crippen LogP contribution < -0.4 is 15.2 Å². The van der Waals surface area contributed by atoms with Gasteiger partial charge in [0.15, 0.2) is 0 Å². The Morgan fingerprint density at radius 2 is 1.95 bits per heavy atom. The number of halogens is 1. The molecule has 1 aromatic rings. The number of hydrogen-bond donors (Lipinski definition) is 2. The first-order chi connectivity index (χ1) is 9.48. The molecule has 0 saturated heterocycles. The highest BCUT2D eigenvalue weighted by Gasteiger charge is 2.17. The molecule has 0 heterocycles. The molecule has 1 rings (SSSR count). The molecule has 0 unspecified atom stereocenters. The lowest BCUT2D eigenvalue weighted by atomic mass is 10.2. The van der Waals surface area contributed by atoms with Crippen LogP contribution in [-0.2, 0) is 21.8 Å². The van der Waals surface area contributed by atoms with Gasteiger partial charge in [-0.3, -0.25) is 5.32 Å². The summed E-state index contributed by atoms with van der Waals surface area (Å²) in [6, 6.07) is 3.87. The first-order valence-electron chi connectivity index (χ1n) is 5.96. The van der Waals surface area contributed by atoms with E-state index in [0.29, 0.717) is 5.56 Å². The summed E-state index contributed by atoms with van der Waals surface area (Å²) in [5.41, 5.74) is 5.36. The van der Waals surface area contributed by atoms with Crippen LogP contribution in [0.5, 0.6) is 5.75 Å². The topological polar surface area (TPSA) is 108 Å². The van der Waals surface area contributed by atoms with Crippen LogP contribution >= 0.6 is 0 Å². The molecule has 3 N–H and O–H groups in total. The summed E-state index contributed by atoms with van der Waals surface area (Å²) in [7, 11) is -5.16. The normalized spacial score (nSPS) is 11.9. The summed E-state index contributed by atoms with van der Waals surface area (Å²) in [5, 5.41) is 2.39. The summed E-state index contributed by atoms with van der Waals surface area (Å²) in [4.78, 5) is 11.6. The molecule has 0 aromatic heterocycles. The van der Waals surface area contributed by atoms with Crippen LogP contribution in [0, 0.1) is 0 Å². The van der Waals surface area contributed by atoms with Gasteiger partial charge in [-0.2, -0.15) is 8.42 Å². The zero-order valence-electron chi connectivity index (χ0n) is 11.8. The highest BCUT2D eigenvalue weighted by Crippen LogP contribution is 2.23. The van der Waals surface area contributed by atoms with E-state index >= 15 is 0 Å². The second-order valence-electron chi connectivity index (χ2n) is 5.17. The fourth-order valence-electron chi connectivity index (χ4n) is 1.44. The Labute approximate surface area is 122 Å². The first-order valence-corrected chi connectivity index (χ1v) is 7.27. The minimum atomic E-state index is -5.16. The van der Waals surface area contributed by atoms with Crippen LogP contribution in [-0.4, -0.2) is 20.1 Å². The van der Waals surface area contributed by atoms with E-state index in [1.807, 2.05) is 0 Å². The van der Waals surface area contributed by atoms with E-state index in [1.54, 1.807) is 20.8 Å². The smallest absolute Gasteiger partial charge is 0.444 e. The van der Waals surface area contributed by atoms with Crippen LogP contribution in [0.2, 0.25) is 0 Å². The lowest BCUT2D eigenvalue weighted by Gasteiger charge is -2.20. The minimum absolute atomic E-state index is 0.0481. The largest absolute Gasteiger partial charge is 0.488 e. The Kier molecular flexibility index (Phi) is 5.13. The zero-order valence-corrected chi connectivity index (χ0v) is 12.7. The molecule has 0 aliphatic carbocycles. The van der Waals surface area contributed by atoms with Gasteiger partial charge in [0.1, 0.15) is 11.4 Å². The van der Waals surface area contributed by atoms with Gasteiger partial charge in [0.25, 0.3) is 0 Å². The molecule has 9 heteroatoms. The third-order valence-corrected chi connectivity index (χ3v) is 2.43. The van der Waals surface area contributed by atoms with E-state index in [-0.39, 0.29) is 18.0 Å². The van der Waals surface area contributed by atoms with Gasteiger partial charge >= 0.3 is 16.6 Å². The molecule has 0 radical (unpaired) electrons. The summed E-state index contributed by atoms with van der Waals surface area (Å²) >= 11 is 0. The van der Waals surface area contributed by atoms with Crippen molar-refractivity contribution in [1.29, 1.82) is 0 Å². The molecule has 0 bridgehead atoms. The van der Waals surface area contributed by atoms with E-state index < -0.39 is 22.2 Å². The van der Waals surface area contributed by atoms with Gasteiger partial charge in [-0.25, -0.2) is 4.79 Å². The number of nitrogens with two attached hydrogens (primary N) is 1. The molecule has 7 nitrogen and oxygen atoms in total. The average molecular weight is 320 g/mol. The Balaban J connectivity index is 2.96. The van der Waals surface area contributed by atoms with Crippen LogP contribution in [0.3, 0.4) is 0 Å². The fourth-order valence-corrected chi connectivity index (χ4v) is 1.76. The lowest BCUT2D eigenvalue weighted by Crippen LogP contribution is -2.27. The second-order valence-corrected chi connectivity index (χ2v) is 6.13. The molecule has 0 saturated carbocycles. The van der Waals surface area contributed by atoms with E-state index in [1.165, 1.54) is 12.1 Å². The fraction of sp³-hybridized carbons (Fsp3) is 0.417. The number of rotatable bonds is 4. The maximum Gasteiger partial charge on any atom is 0.488 e. The van der Waals surface area contributed by atoms with Crippen molar-refractivity contribution in [2.45, 2.75) is 32.9 Å². The van der Waals surface area contributed by atoms with Gasteiger partial charge in [0.05, 0.1) is 0 Å². The quantitative estimate of drug-likeness (QED) is 0.822. The van der Waals surface area contributed by atoms with Crippen LogP contribution in [0.1, 0.15) is 26.3 Å². The van der Waals surface area contributed by atoms with Gasteiger partial charge in [0, 0.05) is 18.3 Å². The van der Waals surface area contributed by atoms with E-state index in [9.17, 15) is 17.1 Å². The molecule has 118 valence electrons. The van der Waals surface area contributed by atoms with E-state index in [4.69, 9.17) is 10.5 Å². The van der Waals surface area contributed by atoms with Gasteiger partial charge in [-0.15, -0.1) is 0 Å². The maximum absolute atomic E-state index is 12.5. The average Bonchev–Trinajstić information content (AvgIpc) is 2.22. The van der Waals surface area contributed by atoms with Gasteiger partial charge in [0.2, 0.25) is 0 Å². The molecule has 0 aliphatic rings. The number of ether oxygens (including phenoxy) is 1. The highest BCUT2D eigenvalue weighted by atomic mass is 32.3. The van der Waals surface area contributed by atoms with Crippen molar-refractivity contribution in [3.8, 4) is 5.75 Å². The summed E-state index contributed by atoms with van der Waals surface area (Å²) in [5.74, 6) is -0.300. The standard InChI is InChI=1S/C12H17FN2O5S/c1-12(2,3)19-11(16)15-9-4-8(7-14)5-10(6-9)20-21(13,17)18/h4-6H,7,14H2,1-3H3,(H,15,16). The third-order valence-electron chi connectivity index (χ3n) is 2.04. The van der Waals surface area contributed by atoms with E-state index in [0.717, 1.165) is 6.07 Å². The Hall–Kier alpha value is -1.87. The third kappa shape index (κ3) is 6.91. The first kappa shape index (κ1) is 17.2. The monoisotopic (exact) mass is 320 g/mol. The van der Waals surface area contributed by atoms with Crippen molar-refractivity contribution in [2.75, 3.05) is 5.32 Å². The minimum Gasteiger partial charge on any atom is -0.444 e. The predicted molar refractivity (Wildman–Crippen MR) is 74.8 cm³/mol. The second kappa shape index (κ2) is 6.27. The van der Waals surface area contributed by atoms with Crippen molar-refractivity contribution in [2.24, 2.45) is 5.73 Å². The molecule has 0 spiro atoms. The van der Waals surface area contributed by atoms with Gasteiger partial charge in [-0.05, 0) is 38.5 Å². The van der Waals surface area contributed by atoms with Crippen LogP contribution in [0.15, 0.2) is 18.2 Å². The van der Waals surface area contributed by atoms with Crippen molar-refractivity contribution in [1.82, 2.24) is 0 Å². The Morgan fingerprint density at radius 3 is 2.43 bits per heavy atom. The number of benzene rings is 1. The predicted octanol–water partition coefficient (Wildman–Crippen LogP) is 2.09. The molecule has 0 fully saturated rings.